The Labute approximate surface area is 134 Å². The quantitative estimate of drug-likeness (QED) is 0.907. The number of nitrogens with zero attached hydrogens (tertiary/aromatic N) is 2. The van der Waals surface area contributed by atoms with Gasteiger partial charge in [-0.25, -0.2) is 4.98 Å². The molecule has 2 heterocycles. The van der Waals surface area contributed by atoms with Crippen LogP contribution >= 0.6 is 11.6 Å². The number of hydrogen-bond acceptors (Lipinski definition) is 4. The molecule has 6 heteroatoms. The zero-order valence-electron chi connectivity index (χ0n) is 12.7. The molecule has 1 aliphatic rings. The van der Waals surface area contributed by atoms with E-state index in [1.54, 1.807) is 18.2 Å². The summed E-state index contributed by atoms with van der Waals surface area (Å²) in [6.45, 7) is 5.59. The van der Waals surface area contributed by atoms with Crippen molar-refractivity contribution in [3.63, 3.8) is 0 Å². The van der Waals surface area contributed by atoms with E-state index in [9.17, 15) is 4.79 Å². The molecule has 2 unspecified atom stereocenters. The van der Waals surface area contributed by atoms with E-state index < -0.39 is 0 Å². The maximum atomic E-state index is 12.2. The summed E-state index contributed by atoms with van der Waals surface area (Å²) in [4.78, 5) is 21.9. The lowest BCUT2D eigenvalue weighted by atomic mass is 9.87. The molecule has 1 aliphatic heterocycles. The second-order valence-corrected chi connectivity index (χ2v) is 6.61. The molecule has 1 fully saturated rings. The van der Waals surface area contributed by atoms with Gasteiger partial charge in [0, 0.05) is 11.6 Å². The third-order valence-corrected chi connectivity index (χ3v) is 4.83. The van der Waals surface area contributed by atoms with Gasteiger partial charge in [-0.15, -0.1) is 0 Å². The summed E-state index contributed by atoms with van der Waals surface area (Å²) in [5.41, 5.74) is 6.40. The zero-order chi connectivity index (χ0) is 15.7. The molecule has 1 aromatic carbocycles. The molecule has 1 saturated heterocycles. The molecule has 22 heavy (non-hydrogen) atoms. The fraction of sp³-hybridized carbons (Fsp3) is 0.500. The van der Waals surface area contributed by atoms with Crippen molar-refractivity contribution < 1.29 is 0 Å². The van der Waals surface area contributed by atoms with Gasteiger partial charge in [-0.05, 0) is 49.5 Å². The highest BCUT2D eigenvalue weighted by Crippen LogP contribution is 2.23. The van der Waals surface area contributed by atoms with Gasteiger partial charge in [0.05, 0.1) is 17.4 Å². The number of aromatic nitrogens is 2. The minimum atomic E-state index is -0.136. The Bertz CT molecular complexity index is 730. The molecule has 2 atom stereocenters. The first-order valence-corrected chi connectivity index (χ1v) is 8.05. The highest BCUT2D eigenvalue weighted by Gasteiger charge is 2.25. The largest absolute Gasteiger partial charge is 0.330 e. The van der Waals surface area contributed by atoms with Crippen molar-refractivity contribution in [1.82, 2.24) is 14.9 Å². The van der Waals surface area contributed by atoms with Crippen LogP contribution in [0.25, 0.3) is 10.9 Å². The number of likely N-dealkylation sites (tertiary alicyclic amines) is 1. The van der Waals surface area contributed by atoms with Crippen molar-refractivity contribution >= 4 is 22.5 Å². The molecule has 0 radical (unpaired) electrons. The number of benzene rings is 1. The van der Waals surface area contributed by atoms with Crippen molar-refractivity contribution in [2.75, 3.05) is 19.6 Å². The normalized spacial score (nSPS) is 23.0. The summed E-state index contributed by atoms with van der Waals surface area (Å²) >= 11 is 5.93. The average molecular weight is 321 g/mol. The Morgan fingerprint density at radius 3 is 3.09 bits per heavy atom. The van der Waals surface area contributed by atoms with Gasteiger partial charge in [0.1, 0.15) is 5.82 Å². The van der Waals surface area contributed by atoms with E-state index in [2.05, 4.69) is 21.8 Å². The Balaban J connectivity index is 1.82. The molecule has 0 amide bonds. The molecule has 3 N–H and O–H groups in total. The third kappa shape index (κ3) is 3.16. The molecular weight excluding hydrogens is 300 g/mol. The first kappa shape index (κ1) is 15.5. The van der Waals surface area contributed by atoms with Gasteiger partial charge in [0.2, 0.25) is 0 Å². The second-order valence-electron chi connectivity index (χ2n) is 6.17. The number of H-pyrrole nitrogens is 1. The minimum absolute atomic E-state index is 0.136. The Hall–Kier alpha value is -1.43. The van der Waals surface area contributed by atoms with Gasteiger partial charge < -0.3 is 10.7 Å². The Morgan fingerprint density at radius 1 is 1.50 bits per heavy atom. The van der Waals surface area contributed by atoms with Crippen LogP contribution in [-0.2, 0) is 6.54 Å². The Morgan fingerprint density at radius 2 is 2.32 bits per heavy atom. The van der Waals surface area contributed by atoms with Crippen molar-refractivity contribution in [3.8, 4) is 0 Å². The van der Waals surface area contributed by atoms with E-state index in [4.69, 9.17) is 17.3 Å². The second kappa shape index (κ2) is 6.36. The van der Waals surface area contributed by atoms with Crippen LogP contribution in [-0.4, -0.2) is 34.5 Å². The van der Waals surface area contributed by atoms with Crippen LogP contribution in [0.15, 0.2) is 23.0 Å². The van der Waals surface area contributed by atoms with Gasteiger partial charge >= 0.3 is 0 Å². The first-order valence-electron chi connectivity index (χ1n) is 7.67. The smallest absolute Gasteiger partial charge is 0.258 e. The summed E-state index contributed by atoms with van der Waals surface area (Å²) in [7, 11) is 0. The molecule has 0 aliphatic carbocycles. The standard InChI is InChI=1S/C16H21ClN4O/c1-10-4-5-21(8-11(10)7-18)9-15-19-14-3-2-12(17)6-13(14)16(22)20-15/h2-3,6,10-11H,4-5,7-9,18H2,1H3,(H,19,20,22). The number of rotatable bonds is 3. The first-order chi connectivity index (χ1) is 10.6. The lowest BCUT2D eigenvalue weighted by molar-refractivity contribution is 0.123. The van der Waals surface area contributed by atoms with Crippen LogP contribution in [0.4, 0.5) is 0 Å². The number of nitrogens with one attached hydrogen (secondary N) is 1. The molecule has 0 spiro atoms. The van der Waals surface area contributed by atoms with E-state index in [0.29, 0.717) is 46.7 Å². The number of nitrogens with two attached hydrogens (primary N) is 1. The lowest BCUT2D eigenvalue weighted by Crippen LogP contribution is -2.42. The SMILES string of the molecule is CC1CCN(Cc2nc3ccc(Cl)cc3c(=O)[nH]2)CC1CN. The van der Waals surface area contributed by atoms with E-state index >= 15 is 0 Å². The molecule has 2 aromatic rings. The monoisotopic (exact) mass is 320 g/mol. The van der Waals surface area contributed by atoms with E-state index in [1.807, 2.05) is 0 Å². The summed E-state index contributed by atoms with van der Waals surface area (Å²) in [6, 6.07) is 5.20. The van der Waals surface area contributed by atoms with Crippen LogP contribution in [0.2, 0.25) is 5.02 Å². The number of aromatic amines is 1. The van der Waals surface area contributed by atoms with Gasteiger partial charge in [-0.3, -0.25) is 9.69 Å². The number of hydrogen-bond donors (Lipinski definition) is 2. The van der Waals surface area contributed by atoms with Crippen molar-refractivity contribution in [2.24, 2.45) is 17.6 Å². The third-order valence-electron chi connectivity index (χ3n) is 4.59. The minimum Gasteiger partial charge on any atom is -0.330 e. The molecule has 0 saturated carbocycles. The van der Waals surface area contributed by atoms with E-state index in [1.165, 1.54) is 0 Å². The molecule has 118 valence electrons. The van der Waals surface area contributed by atoms with Gasteiger partial charge in [-0.1, -0.05) is 18.5 Å². The van der Waals surface area contributed by atoms with Crippen molar-refractivity contribution in [2.45, 2.75) is 19.9 Å². The lowest BCUT2D eigenvalue weighted by Gasteiger charge is -2.36. The Kier molecular flexibility index (Phi) is 4.47. The number of piperidine rings is 1. The zero-order valence-corrected chi connectivity index (χ0v) is 13.4. The predicted molar refractivity (Wildman–Crippen MR) is 89.0 cm³/mol. The highest BCUT2D eigenvalue weighted by atomic mass is 35.5. The van der Waals surface area contributed by atoms with Gasteiger partial charge in [0.25, 0.3) is 5.56 Å². The topological polar surface area (TPSA) is 75.0 Å². The molecular formula is C16H21ClN4O. The van der Waals surface area contributed by atoms with Crippen LogP contribution in [0.5, 0.6) is 0 Å². The van der Waals surface area contributed by atoms with Gasteiger partial charge in [-0.2, -0.15) is 0 Å². The van der Waals surface area contributed by atoms with Crippen LogP contribution in [0.3, 0.4) is 0 Å². The highest BCUT2D eigenvalue weighted by molar-refractivity contribution is 6.31. The fourth-order valence-corrected chi connectivity index (χ4v) is 3.29. The van der Waals surface area contributed by atoms with Crippen LogP contribution < -0.4 is 11.3 Å². The summed E-state index contributed by atoms with van der Waals surface area (Å²) in [6.07, 6.45) is 1.13. The summed E-state index contributed by atoms with van der Waals surface area (Å²) in [5, 5.41) is 1.08. The maximum Gasteiger partial charge on any atom is 0.258 e. The van der Waals surface area contributed by atoms with Crippen LogP contribution in [0, 0.1) is 11.8 Å². The maximum absolute atomic E-state index is 12.2. The van der Waals surface area contributed by atoms with E-state index in [0.717, 1.165) is 19.5 Å². The number of halogens is 1. The molecule has 3 rings (SSSR count). The fourth-order valence-electron chi connectivity index (χ4n) is 3.12. The van der Waals surface area contributed by atoms with Crippen molar-refractivity contribution in [3.05, 3.63) is 39.4 Å². The molecule has 0 bridgehead atoms. The van der Waals surface area contributed by atoms with Crippen LogP contribution in [0.1, 0.15) is 19.2 Å². The summed E-state index contributed by atoms with van der Waals surface area (Å²) in [5.74, 6) is 1.87. The van der Waals surface area contributed by atoms with Gasteiger partial charge in [0.15, 0.2) is 0 Å². The van der Waals surface area contributed by atoms with E-state index in [-0.39, 0.29) is 5.56 Å². The average Bonchev–Trinajstić information content (AvgIpc) is 2.50. The number of fused-ring (bicyclic) bond motifs is 1. The van der Waals surface area contributed by atoms with Crippen molar-refractivity contribution in [1.29, 1.82) is 0 Å². The summed E-state index contributed by atoms with van der Waals surface area (Å²) < 4.78 is 0. The molecule has 5 nitrogen and oxygen atoms in total. The molecule has 1 aromatic heterocycles. The predicted octanol–water partition coefficient (Wildman–Crippen LogP) is 1.99.